The predicted molar refractivity (Wildman–Crippen MR) is 51.5 cm³/mol. The maximum atomic E-state index is 3.95. The maximum Gasteiger partial charge on any atom is 0.0289 e. The number of allylic oxidation sites excluding steroid dienone is 2. The van der Waals surface area contributed by atoms with Gasteiger partial charge in [-0.2, -0.15) is 0 Å². The highest BCUT2D eigenvalue weighted by molar-refractivity contribution is 5.12. The van der Waals surface area contributed by atoms with Crippen molar-refractivity contribution in [3.8, 4) is 0 Å². The Morgan fingerprint density at radius 3 is 2.45 bits per heavy atom. The molecule has 0 unspecified atom stereocenters. The normalized spacial score (nSPS) is 11.0. The maximum absolute atomic E-state index is 3.95. The molecule has 0 saturated carbocycles. The first-order chi connectivity index (χ1) is 5.09. The minimum atomic E-state index is 0.531. The van der Waals surface area contributed by atoms with Crippen LogP contribution in [-0.2, 0) is 0 Å². The Hall–Kier alpha value is -0.720. The Morgan fingerprint density at radius 1 is 1.55 bits per heavy atom. The van der Waals surface area contributed by atoms with E-state index in [0.29, 0.717) is 6.04 Å². The van der Waals surface area contributed by atoms with Gasteiger partial charge in [0.15, 0.2) is 0 Å². The van der Waals surface area contributed by atoms with E-state index in [1.165, 1.54) is 0 Å². The summed E-state index contributed by atoms with van der Waals surface area (Å²) in [7, 11) is 2.06. The van der Waals surface area contributed by atoms with E-state index in [0.717, 1.165) is 12.1 Å². The van der Waals surface area contributed by atoms with Gasteiger partial charge in [-0.15, -0.1) is 0 Å². The molecule has 0 aromatic carbocycles. The van der Waals surface area contributed by atoms with Crippen molar-refractivity contribution in [2.45, 2.75) is 33.2 Å². The van der Waals surface area contributed by atoms with E-state index in [9.17, 15) is 0 Å². The van der Waals surface area contributed by atoms with E-state index in [2.05, 4.69) is 51.4 Å². The Balaban J connectivity index is 3.93. The fourth-order valence-electron chi connectivity index (χ4n) is 0.703. The largest absolute Gasteiger partial charge is 0.373 e. The molecule has 0 aliphatic rings. The smallest absolute Gasteiger partial charge is 0.0289 e. The highest BCUT2D eigenvalue weighted by atomic mass is 15.1. The molecule has 64 valence electrons. The summed E-state index contributed by atoms with van der Waals surface area (Å²) < 4.78 is 0. The van der Waals surface area contributed by atoms with Gasteiger partial charge in [0.05, 0.1) is 0 Å². The van der Waals surface area contributed by atoms with Crippen molar-refractivity contribution in [1.29, 1.82) is 0 Å². The van der Waals surface area contributed by atoms with Crippen molar-refractivity contribution < 1.29 is 0 Å². The zero-order valence-electron chi connectivity index (χ0n) is 8.09. The molecular weight excluding hydrogens is 134 g/mol. The number of rotatable bonds is 4. The molecular formula is C10H19N. The topological polar surface area (TPSA) is 3.24 Å². The molecule has 0 heterocycles. The van der Waals surface area contributed by atoms with Crippen LogP contribution >= 0.6 is 0 Å². The Bertz CT molecular complexity index is 145. The fraction of sp³-hybridized carbons (Fsp3) is 0.600. The van der Waals surface area contributed by atoms with Gasteiger partial charge in [0, 0.05) is 18.8 Å². The van der Waals surface area contributed by atoms with Gasteiger partial charge in [0.1, 0.15) is 0 Å². The lowest BCUT2D eigenvalue weighted by Gasteiger charge is -2.23. The summed E-state index contributed by atoms with van der Waals surface area (Å²) in [6.07, 6.45) is 5.27. The van der Waals surface area contributed by atoms with Crippen LogP contribution in [0, 0.1) is 0 Å². The SMILES string of the molecule is C=C(/C=C/CC)N(C)C(C)C. The van der Waals surface area contributed by atoms with Crippen molar-refractivity contribution in [3.63, 3.8) is 0 Å². The average Bonchev–Trinajstić information content (AvgIpc) is 1.98. The van der Waals surface area contributed by atoms with Gasteiger partial charge in [0.25, 0.3) is 0 Å². The van der Waals surface area contributed by atoms with E-state index in [-0.39, 0.29) is 0 Å². The molecule has 0 fully saturated rings. The van der Waals surface area contributed by atoms with E-state index in [1.54, 1.807) is 0 Å². The van der Waals surface area contributed by atoms with Crippen molar-refractivity contribution in [1.82, 2.24) is 4.90 Å². The molecule has 0 N–H and O–H groups in total. The lowest BCUT2D eigenvalue weighted by atomic mass is 10.3. The third-order valence-corrected chi connectivity index (χ3v) is 1.77. The lowest BCUT2D eigenvalue weighted by Crippen LogP contribution is -2.23. The van der Waals surface area contributed by atoms with Gasteiger partial charge in [-0.25, -0.2) is 0 Å². The molecule has 1 nitrogen and oxygen atoms in total. The Kier molecular flexibility index (Phi) is 4.67. The number of hydrogen-bond acceptors (Lipinski definition) is 1. The molecule has 0 rings (SSSR count). The van der Waals surface area contributed by atoms with Crippen LogP contribution in [-0.4, -0.2) is 18.0 Å². The zero-order chi connectivity index (χ0) is 8.85. The highest BCUT2D eigenvalue weighted by Gasteiger charge is 2.01. The minimum Gasteiger partial charge on any atom is -0.373 e. The summed E-state index contributed by atoms with van der Waals surface area (Å²) in [6, 6.07) is 0.531. The summed E-state index contributed by atoms with van der Waals surface area (Å²) in [6.45, 7) is 10.4. The van der Waals surface area contributed by atoms with Crippen LogP contribution in [0.5, 0.6) is 0 Å². The van der Waals surface area contributed by atoms with Crippen LogP contribution in [0.4, 0.5) is 0 Å². The summed E-state index contributed by atoms with van der Waals surface area (Å²) in [4.78, 5) is 2.16. The van der Waals surface area contributed by atoms with Crippen LogP contribution in [0.1, 0.15) is 27.2 Å². The molecule has 0 radical (unpaired) electrons. The van der Waals surface area contributed by atoms with Crippen LogP contribution in [0.15, 0.2) is 24.4 Å². The van der Waals surface area contributed by atoms with Gasteiger partial charge in [-0.05, 0) is 26.3 Å². The molecule has 0 bridgehead atoms. The Labute approximate surface area is 70.4 Å². The molecule has 0 aliphatic heterocycles. The van der Waals surface area contributed by atoms with Crippen LogP contribution < -0.4 is 0 Å². The first-order valence-corrected chi connectivity index (χ1v) is 4.17. The fourth-order valence-corrected chi connectivity index (χ4v) is 0.703. The summed E-state index contributed by atoms with van der Waals surface area (Å²) in [5, 5.41) is 0. The van der Waals surface area contributed by atoms with Crippen molar-refractivity contribution >= 4 is 0 Å². The first kappa shape index (κ1) is 10.3. The van der Waals surface area contributed by atoms with E-state index < -0.39 is 0 Å². The van der Waals surface area contributed by atoms with E-state index in [4.69, 9.17) is 0 Å². The number of hydrogen-bond donors (Lipinski definition) is 0. The van der Waals surface area contributed by atoms with Crippen molar-refractivity contribution in [2.75, 3.05) is 7.05 Å². The second-order valence-electron chi connectivity index (χ2n) is 3.01. The van der Waals surface area contributed by atoms with Gasteiger partial charge in [-0.3, -0.25) is 0 Å². The van der Waals surface area contributed by atoms with Crippen molar-refractivity contribution in [3.05, 3.63) is 24.4 Å². The molecule has 0 aromatic heterocycles. The van der Waals surface area contributed by atoms with Gasteiger partial charge in [-0.1, -0.05) is 19.6 Å². The number of nitrogens with zero attached hydrogens (tertiary/aromatic N) is 1. The summed E-state index contributed by atoms with van der Waals surface area (Å²) in [5.74, 6) is 0. The summed E-state index contributed by atoms with van der Waals surface area (Å²) >= 11 is 0. The van der Waals surface area contributed by atoms with Gasteiger partial charge in [0.2, 0.25) is 0 Å². The zero-order valence-corrected chi connectivity index (χ0v) is 8.09. The molecule has 0 amide bonds. The molecule has 0 atom stereocenters. The molecule has 0 saturated heterocycles. The third kappa shape index (κ3) is 3.87. The van der Waals surface area contributed by atoms with Crippen LogP contribution in [0.25, 0.3) is 0 Å². The predicted octanol–water partition coefficient (Wildman–Crippen LogP) is 2.81. The van der Waals surface area contributed by atoms with Gasteiger partial charge < -0.3 is 4.90 Å². The molecule has 0 spiro atoms. The average molecular weight is 153 g/mol. The molecule has 0 aromatic rings. The Morgan fingerprint density at radius 2 is 2.09 bits per heavy atom. The first-order valence-electron chi connectivity index (χ1n) is 4.17. The van der Waals surface area contributed by atoms with Crippen molar-refractivity contribution in [2.24, 2.45) is 0 Å². The summed E-state index contributed by atoms with van der Waals surface area (Å²) in [5.41, 5.74) is 1.09. The van der Waals surface area contributed by atoms with E-state index in [1.807, 2.05) is 0 Å². The second kappa shape index (κ2) is 5.00. The molecule has 0 aliphatic carbocycles. The lowest BCUT2D eigenvalue weighted by molar-refractivity contribution is 0.356. The van der Waals surface area contributed by atoms with E-state index >= 15 is 0 Å². The van der Waals surface area contributed by atoms with Crippen LogP contribution in [0.2, 0.25) is 0 Å². The standard InChI is InChI=1S/C10H19N/c1-6-7-8-10(4)11(5)9(2)3/h7-9H,4,6H2,1-3,5H3/b8-7+. The number of likely N-dealkylation sites (N-methyl/N-ethyl adjacent to an activating group) is 1. The molecule has 1 heteroatoms. The van der Waals surface area contributed by atoms with Crippen LogP contribution in [0.3, 0.4) is 0 Å². The van der Waals surface area contributed by atoms with Gasteiger partial charge >= 0.3 is 0 Å². The minimum absolute atomic E-state index is 0.531. The molecule has 11 heavy (non-hydrogen) atoms. The highest BCUT2D eigenvalue weighted by Crippen LogP contribution is 2.05. The third-order valence-electron chi connectivity index (χ3n) is 1.77. The second-order valence-corrected chi connectivity index (χ2v) is 3.01. The monoisotopic (exact) mass is 153 g/mol. The quantitative estimate of drug-likeness (QED) is 0.561.